The molecule has 0 bridgehead atoms. The van der Waals surface area contributed by atoms with Gasteiger partial charge in [-0.3, -0.25) is 0 Å². The van der Waals surface area contributed by atoms with Gasteiger partial charge in [0.2, 0.25) is 17.7 Å². The Morgan fingerprint density at radius 2 is 1.81 bits per heavy atom. The molecular weight excluding hydrogens is 268 g/mol. The smallest absolute Gasteiger partial charge is 0.229 e. The molecule has 0 radical (unpaired) electrons. The summed E-state index contributed by atoms with van der Waals surface area (Å²) < 4.78 is 10.3. The molecule has 3 rings (SSSR count). The first-order valence-electron chi connectivity index (χ1n) is 6.78. The molecule has 6 heteroatoms. The number of hydrogen-bond donors (Lipinski definition) is 2. The molecule has 6 nitrogen and oxygen atoms in total. The van der Waals surface area contributed by atoms with Crippen molar-refractivity contribution in [2.45, 2.75) is 18.5 Å². The molecule has 1 aromatic carbocycles. The van der Waals surface area contributed by atoms with E-state index in [9.17, 15) is 0 Å². The van der Waals surface area contributed by atoms with E-state index >= 15 is 0 Å². The summed E-state index contributed by atoms with van der Waals surface area (Å²) in [4.78, 5) is 8.58. The lowest BCUT2D eigenvalue weighted by Crippen LogP contribution is -2.30. The third kappa shape index (κ3) is 2.62. The zero-order chi connectivity index (χ0) is 14.8. The van der Waals surface area contributed by atoms with E-state index in [1.165, 1.54) is 11.1 Å². The Morgan fingerprint density at radius 3 is 2.48 bits per heavy atom. The fourth-order valence-corrected chi connectivity index (χ4v) is 2.63. The van der Waals surface area contributed by atoms with Crippen LogP contribution < -0.4 is 20.5 Å². The van der Waals surface area contributed by atoms with Crippen LogP contribution in [0.4, 0.5) is 5.95 Å². The van der Waals surface area contributed by atoms with Crippen LogP contribution in [0.5, 0.6) is 11.8 Å². The molecule has 0 saturated heterocycles. The number of rotatable bonds is 4. The van der Waals surface area contributed by atoms with E-state index in [4.69, 9.17) is 15.2 Å². The number of methoxy groups -OCH3 is 2. The average molecular weight is 286 g/mol. The van der Waals surface area contributed by atoms with Gasteiger partial charge < -0.3 is 20.5 Å². The number of nitrogens with one attached hydrogen (secondary N) is 1. The van der Waals surface area contributed by atoms with E-state index in [1.807, 2.05) is 12.1 Å². The summed E-state index contributed by atoms with van der Waals surface area (Å²) in [6, 6.07) is 9.83. The van der Waals surface area contributed by atoms with Crippen LogP contribution in [0.25, 0.3) is 0 Å². The first-order chi connectivity index (χ1) is 10.2. The molecule has 2 unspecified atom stereocenters. The fraction of sp³-hybridized carbons (Fsp3) is 0.333. The van der Waals surface area contributed by atoms with Crippen LogP contribution in [0, 0.1) is 0 Å². The van der Waals surface area contributed by atoms with Crippen LogP contribution >= 0.6 is 0 Å². The van der Waals surface area contributed by atoms with Crippen LogP contribution in [0.2, 0.25) is 0 Å². The number of anilines is 1. The van der Waals surface area contributed by atoms with Crippen LogP contribution in [-0.4, -0.2) is 30.2 Å². The number of hydrogen-bond acceptors (Lipinski definition) is 6. The second-order valence-corrected chi connectivity index (χ2v) is 4.97. The molecule has 110 valence electrons. The second-order valence-electron chi connectivity index (χ2n) is 4.97. The standard InChI is InChI=1S/C15H18N4O2/c1-20-12-8-13(21-2)18-15(17-12)19-14-10-6-4-3-5-9(10)7-11(14)16/h3-6,8,11,14H,7,16H2,1-2H3,(H,17,18,19). The highest BCUT2D eigenvalue weighted by Crippen LogP contribution is 2.32. The highest BCUT2D eigenvalue weighted by atomic mass is 16.5. The van der Waals surface area contributed by atoms with Gasteiger partial charge in [0.05, 0.1) is 26.3 Å². The number of fused-ring (bicyclic) bond motifs is 1. The lowest BCUT2D eigenvalue weighted by molar-refractivity contribution is 0.372. The summed E-state index contributed by atoms with van der Waals surface area (Å²) in [6.07, 6.45) is 0.842. The minimum absolute atomic E-state index is 0.0109. The van der Waals surface area contributed by atoms with Crippen LogP contribution in [0.15, 0.2) is 30.3 Å². The van der Waals surface area contributed by atoms with Gasteiger partial charge in [-0.1, -0.05) is 24.3 Å². The number of benzene rings is 1. The average Bonchev–Trinajstić information content (AvgIpc) is 2.83. The molecule has 0 spiro atoms. The Kier molecular flexibility index (Phi) is 3.62. The minimum atomic E-state index is -0.0157. The Hall–Kier alpha value is -2.34. The van der Waals surface area contributed by atoms with E-state index < -0.39 is 0 Å². The van der Waals surface area contributed by atoms with Crippen molar-refractivity contribution < 1.29 is 9.47 Å². The molecular formula is C15H18N4O2. The molecule has 1 aromatic heterocycles. The van der Waals surface area contributed by atoms with E-state index in [0.29, 0.717) is 17.7 Å². The molecule has 1 heterocycles. The van der Waals surface area contributed by atoms with E-state index in [0.717, 1.165) is 6.42 Å². The highest BCUT2D eigenvalue weighted by molar-refractivity contribution is 5.44. The van der Waals surface area contributed by atoms with Crippen LogP contribution in [0.1, 0.15) is 17.2 Å². The molecule has 2 atom stereocenters. The number of nitrogens with two attached hydrogens (primary N) is 1. The summed E-state index contributed by atoms with van der Waals surface area (Å²) in [5, 5.41) is 3.29. The van der Waals surface area contributed by atoms with Gasteiger partial charge in [0, 0.05) is 6.04 Å². The zero-order valence-corrected chi connectivity index (χ0v) is 12.0. The van der Waals surface area contributed by atoms with Gasteiger partial charge in [0.15, 0.2) is 0 Å². The largest absolute Gasteiger partial charge is 0.481 e. The molecule has 3 N–H and O–H groups in total. The fourth-order valence-electron chi connectivity index (χ4n) is 2.63. The predicted octanol–water partition coefficient (Wildman–Crippen LogP) is 1.53. The van der Waals surface area contributed by atoms with Crippen molar-refractivity contribution in [3.8, 4) is 11.8 Å². The van der Waals surface area contributed by atoms with Crippen molar-refractivity contribution in [3.63, 3.8) is 0 Å². The highest BCUT2D eigenvalue weighted by Gasteiger charge is 2.30. The summed E-state index contributed by atoms with van der Waals surface area (Å²) in [7, 11) is 3.12. The van der Waals surface area contributed by atoms with Crippen LogP contribution in [-0.2, 0) is 6.42 Å². The van der Waals surface area contributed by atoms with Gasteiger partial charge >= 0.3 is 0 Å². The maximum atomic E-state index is 6.24. The predicted molar refractivity (Wildman–Crippen MR) is 79.6 cm³/mol. The van der Waals surface area contributed by atoms with Gasteiger partial charge in [-0.2, -0.15) is 9.97 Å². The molecule has 1 aliphatic carbocycles. The lowest BCUT2D eigenvalue weighted by Gasteiger charge is -2.19. The van der Waals surface area contributed by atoms with Gasteiger partial charge in [-0.05, 0) is 17.5 Å². The van der Waals surface area contributed by atoms with Crippen molar-refractivity contribution in [1.29, 1.82) is 0 Å². The first-order valence-corrected chi connectivity index (χ1v) is 6.78. The summed E-state index contributed by atoms with van der Waals surface area (Å²) in [5.74, 6) is 1.34. The Morgan fingerprint density at radius 1 is 1.14 bits per heavy atom. The van der Waals surface area contributed by atoms with Gasteiger partial charge in [-0.25, -0.2) is 0 Å². The van der Waals surface area contributed by atoms with Crippen molar-refractivity contribution >= 4 is 5.95 Å². The Labute approximate surface area is 123 Å². The minimum Gasteiger partial charge on any atom is -0.481 e. The van der Waals surface area contributed by atoms with Gasteiger partial charge in [0.1, 0.15) is 0 Å². The maximum absolute atomic E-state index is 6.24. The van der Waals surface area contributed by atoms with E-state index in [1.54, 1.807) is 20.3 Å². The molecule has 1 aliphatic rings. The SMILES string of the molecule is COc1cc(OC)nc(NC2c3ccccc3CC2N)n1. The van der Waals surface area contributed by atoms with Crippen molar-refractivity contribution in [2.75, 3.05) is 19.5 Å². The van der Waals surface area contributed by atoms with Crippen molar-refractivity contribution in [2.24, 2.45) is 5.73 Å². The van der Waals surface area contributed by atoms with Crippen molar-refractivity contribution in [1.82, 2.24) is 9.97 Å². The van der Waals surface area contributed by atoms with Crippen LogP contribution in [0.3, 0.4) is 0 Å². The summed E-state index contributed by atoms with van der Waals surface area (Å²) in [6.45, 7) is 0. The Balaban J connectivity index is 1.90. The zero-order valence-electron chi connectivity index (χ0n) is 12.0. The third-order valence-corrected chi connectivity index (χ3v) is 3.66. The monoisotopic (exact) mass is 286 g/mol. The van der Waals surface area contributed by atoms with E-state index in [2.05, 4.69) is 27.4 Å². The topological polar surface area (TPSA) is 82.3 Å². The normalized spacial score (nSPS) is 20.0. The van der Waals surface area contributed by atoms with Gasteiger partial charge in [-0.15, -0.1) is 0 Å². The van der Waals surface area contributed by atoms with Gasteiger partial charge in [0.25, 0.3) is 0 Å². The molecule has 0 aliphatic heterocycles. The third-order valence-electron chi connectivity index (χ3n) is 3.66. The van der Waals surface area contributed by atoms with Crippen molar-refractivity contribution in [3.05, 3.63) is 41.5 Å². The maximum Gasteiger partial charge on any atom is 0.229 e. The first kappa shape index (κ1) is 13.6. The lowest BCUT2D eigenvalue weighted by atomic mass is 10.1. The summed E-state index contributed by atoms with van der Waals surface area (Å²) in [5.41, 5.74) is 8.69. The number of aromatic nitrogens is 2. The number of nitrogens with zero attached hydrogens (tertiary/aromatic N) is 2. The summed E-state index contributed by atoms with van der Waals surface area (Å²) >= 11 is 0. The molecule has 0 amide bonds. The molecule has 21 heavy (non-hydrogen) atoms. The number of ether oxygens (including phenoxy) is 2. The molecule has 0 fully saturated rings. The Bertz CT molecular complexity index is 625. The quantitative estimate of drug-likeness (QED) is 0.887. The molecule has 2 aromatic rings. The molecule has 0 saturated carbocycles. The van der Waals surface area contributed by atoms with E-state index in [-0.39, 0.29) is 12.1 Å². The second kappa shape index (κ2) is 5.57.